The lowest BCUT2D eigenvalue weighted by atomic mass is 9.99. The molecule has 0 radical (unpaired) electrons. The second-order valence-electron chi connectivity index (χ2n) is 30.0. The van der Waals surface area contributed by atoms with E-state index in [1.165, 1.54) is 212 Å². The maximum absolute atomic E-state index is 13.1. The predicted octanol–water partition coefficient (Wildman–Crippen LogP) is 23.6. The Morgan fingerprint density at radius 2 is 0.485 bits per heavy atom. The molecule has 19 heteroatoms. The zero-order chi connectivity index (χ0) is 73.1. The van der Waals surface area contributed by atoms with Crippen molar-refractivity contribution in [2.45, 2.75) is 427 Å². The van der Waals surface area contributed by atoms with Crippen LogP contribution in [0.15, 0.2) is 0 Å². The molecule has 0 aromatic rings. The second-order valence-corrected chi connectivity index (χ2v) is 32.9. The Hall–Kier alpha value is -1.94. The van der Waals surface area contributed by atoms with Crippen molar-refractivity contribution in [3.05, 3.63) is 0 Å². The van der Waals surface area contributed by atoms with Crippen LogP contribution < -0.4 is 0 Å². The van der Waals surface area contributed by atoms with Gasteiger partial charge in [0.05, 0.1) is 26.4 Å². The predicted molar refractivity (Wildman–Crippen MR) is 404 cm³/mol. The summed E-state index contributed by atoms with van der Waals surface area (Å²) in [5.74, 6) is 1.08. The second kappa shape index (κ2) is 69.1. The van der Waals surface area contributed by atoms with E-state index in [2.05, 4.69) is 55.4 Å². The maximum atomic E-state index is 13.1. The Morgan fingerprint density at radius 3 is 0.717 bits per heavy atom. The monoisotopic (exact) mass is 1450 g/mol. The number of aliphatic hydroxyl groups excluding tert-OH is 1. The SMILES string of the molecule is CCC(C)CCCCCCCCCCCCC(=O)OC[C@H](COP(=O)(O)OC[C@@H](O)COP(=O)(O)OC[C@@H](COC(=O)CCCCCCCCCCC(C)CC)OC(=O)CCCCCCCCCCCCC(C)CC)OC(=O)CCCCCCCCCCCCCCCCCCC(C)C. The minimum absolute atomic E-state index is 0.106. The minimum Gasteiger partial charge on any atom is -0.462 e. The molecule has 99 heavy (non-hydrogen) atoms. The summed E-state index contributed by atoms with van der Waals surface area (Å²) in [6.45, 7) is 14.3. The van der Waals surface area contributed by atoms with Crippen LogP contribution in [0.4, 0.5) is 0 Å². The van der Waals surface area contributed by atoms with Crippen molar-refractivity contribution in [2.24, 2.45) is 23.7 Å². The molecular formula is C80H156O17P2. The van der Waals surface area contributed by atoms with E-state index < -0.39 is 97.5 Å². The van der Waals surface area contributed by atoms with Crippen molar-refractivity contribution in [2.75, 3.05) is 39.6 Å². The molecule has 0 saturated heterocycles. The van der Waals surface area contributed by atoms with E-state index in [-0.39, 0.29) is 25.7 Å². The van der Waals surface area contributed by atoms with E-state index in [4.69, 9.17) is 37.0 Å². The van der Waals surface area contributed by atoms with Gasteiger partial charge in [0.1, 0.15) is 19.3 Å². The molecule has 3 N–H and O–H groups in total. The average molecular weight is 1450 g/mol. The lowest BCUT2D eigenvalue weighted by molar-refractivity contribution is -0.161. The molecule has 0 aromatic carbocycles. The van der Waals surface area contributed by atoms with Gasteiger partial charge in [0.2, 0.25) is 0 Å². The van der Waals surface area contributed by atoms with E-state index in [1.807, 2.05) is 0 Å². The Balaban J connectivity index is 5.27. The van der Waals surface area contributed by atoms with Crippen LogP contribution in [0, 0.1) is 23.7 Å². The van der Waals surface area contributed by atoms with Crippen LogP contribution in [-0.4, -0.2) is 96.7 Å². The number of carbonyl (C=O) groups is 4. The van der Waals surface area contributed by atoms with Crippen LogP contribution in [0.1, 0.15) is 409 Å². The number of rotatable bonds is 77. The summed E-state index contributed by atoms with van der Waals surface area (Å²) in [6.07, 6.45) is 55.2. The van der Waals surface area contributed by atoms with E-state index in [9.17, 15) is 43.2 Å². The van der Waals surface area contributed by atoms with E-state index in [0.29, 0.717) is 25.7 Å². The molecule has 0 fully saturated rings. The normalized spacial score (nSPS) is 14.9. The number of phosphoric ester groups is 2. The Bertz CT molecular complexity index is 1940. The summed E-state index contributed by atoms with van der Waals surface area (Å²) in [7, 11) is -9.92. The maximum Gasteiger partial charge on any atom is 0.472 e. The van der Waals surface area contributed by atoms with Crippen LogP contribution in [0.3, 0.4) is 0 Å². The quantitative estimate of drug-likeness (QED) is 0.0222. The average Bonchev–Trinajstić information content (AvgIpc) is 0.954. The van der Waals surface area contributed by atoms with Crippen LogP contribution in [0.5, 0.6) is 0 Å². The van der Waals surface area contributed by atoms with E-state index in [0.717, 1.165) is 114 Å². The van der Waals surface area contributed by atoms with Crippen LogP contribution in [0.2, 0.25) is 0 Å². The number of hydrogen-bond acceptors (Lipinski definition) is 15. The molecule has 0 saturated carbocycles. The summed E-state index contributed by atoms with van der Waals surface area (Å²) >= 11 is 0. The van der Waals surface area contributed by atoms with E-state index in [1.54, 1.807) is 0 Å². The minimum atomic E-state index is -4.96. The first-order valence-electron chi connectivity index (χ1n) is 41.3. The number of aliphatic hydroxyl groups is 1. The van der Waals surface area contributed by atoms with Gasteiger partial charge in [0.15, 0.2) is 12.2 Å². The fraction of sp³-hybridized carbons (Fsp3) is 0.950. The molecule has 0 heterocycles. The fourth-order valence-electron chi connectivity index (χ4n) is 12.2. The van der Waals surface area contributed by atoms with Crippen molar-refractivity contribution in [3.8, 4) is 0 Å². The number of ether oxygens (including phenoxy) is 4. The van der Waals surface area contributed by atoms with Gasteiger partial charge in [0.25, 0.3) is 0 Å². The number of esters is 4. The topological polar surface area (TPSA) is 237 Å². The van der Waals surface area contributed by atoms with Gasteiger partial charge in [-0.25, -0.2) is 9.13 Å². The first kappa shape index (κ1) is 97.1. The summed E-state index contributed by atoms with van der Waals surface area (Å²) in [5.41, 5.74) is 0. The van der Waals surface area contributed by atoms with Gasteiger partial charge in [-0.05, 0) is 49.4 Å². The van der Waals surface area contributed by atoms with Gasteiger partial charge in [0, 0.05) is 25.7 Å². The summed E-state index contributed by atoms with van der Waals surface area (Å²) in [6, 6.07) is 0. The van der Waals surface area contributed by atoms with Crippen molar-refractivity contribution in [3.63, 3.8) is 0 Å². The number of carbonyl (C=O) groups excluding carboxylic acids is 4. The van der Waals surface area contributed by atoms with E-state index >= 15 is 0 Å². The summed E-state index contributed by atoms with van der Waals surface area (Å²) in [5, 5.41) is 10.6. The van der Waals surface area contributed by atoms with Crippen molar-refractivity contribution < 1.29 is 80.2 Å². The molecule has 0 aromatic heterocycles. The largest absolute Gasteiger partial charge is 0.472 e. The van der Waals surface area contributed by atoms with Crippen LogP contribution in [0.25, 0.3) is 0 Å². The van der Waals surface area contributed by atoms with Gasteiger partial charge in [-0.1, -0.05) is 357 Å². The Labute approximate surface area is 607 Å². The third kappa shape index (κ3) is 70.2. The zero-order valence-corrected chi connectivity index (χ0v) is 66.9. The highest BCUT2D eigenvalue weighted by atomic mass is 31.2. The third-order valence-electron chi connectivity index (χ3n) is 19.7. The van der Waals surface area contributed by atoms with Gasteiger partial charge in [-0.2, -0.15) is 0 Å². The number of phosphoric acid groups is 2. The smallest absolute Gasteiger partial charge is 0.462 e. The lowest BCUT2D eigenvalue weighted by Crippen LogP contribution is -2.30. The highest BCUT2D eigenvalue weighted by Crippen LogP contribution is 2.45. The molecule has 0 bridgehead atoms. The molecule has 17 nitrogen and oxygen atoms in total. The van der Waals surface area contributed by atoms with Crippen molar-refractivity contribution in [1.82, 2.24) is 0 Å². The standard InChI is InChI=1S/C80H156O17P2/c1-9-71(6)57-49-41-33-25-20-22-27-36-44-52-60-77(82)90-66-75(96-79(84)62-54-46-38-28-19-17-15-13-12-14-16-18-24-32-40-48-56-70(4)5)68-94-98(86,87)92-64-74(81)65-93-99(88,89)95-69-76(67-91-78(83)61-53-45-37-31-30-35-43-51-59-73(8)11-3)97-80(85)63-55-47-39-29-23-21-26-34-42-50-58-72(7)10-2/h70-76,81H,9-69H2,1-8H3,(H,86,87)(H,88,89)/t71?,72?,73?,74-,75-,76-/m1/s1. The molecule has 0 spiro atoms. The molecule has 0 amide bonds. The van der Waals surface area contributed by atoms with Gasteiger partial charge in [-0.3, -0.25) is 37.3 Å². The first-order chi connectivity index (χ1) is 47.7. The zero-order valence-electron chi connectivity index (χ0n) is 65.1. The highest BCUT2D eigenvalue weighted by molar-refractivity contribution is 7.47. The summed E-state index contributed by atoms with van der Waals surface area (Å²) < 4.78 is 68.7. The molecule has 8 atom stereocenters. The lowest BCUT2D eigenvalue weighted by Gasteiger charge is -2.21. The first-order valence-corrected chi connectivity index (χ1v) is 44.3. The van der Waals surface area contributed by atoms with Crippen molar-refractivity contribution in [1.29, 1.82) is 0 Å². The number of hydrogen-bond donors (Lipinski definition) is 3. The molecule has 0 aliphatic carbocycles. The molecule has 0 aliphatic heterocycles. The van der Waals surface area contributed by atoms with Gasteiger partial charge in [-0.15, -0.1) is 0 Å². The van der Waals surface area contributed by atoms with Crippen LogP contribution in [-0.2, 0) is 65.4 Å². The summed E-state index contributed by atoms with van der Waals surface area (Å²) in [4.78, 5) is 73.0. The molecule has 0 aliphatic rings. The highest BCUT2D eigenvalue weighted by Gasteiger charge is 2.30. The molecule has 5 unspecified atom stereocenters. The Morgan fingerprint density at radius 1 is 0.283 bits per heavy atom. The van der Waals surface area contributed by atoms with Crippen LogP contribution >= 0.6 is 15.6 Å². The third-order valence-corrected chi connectivity index (χ3v) is 21.6. The van der Waals surface area contributed by atoms with Gasteiger partial charge < -0.3 is 33.8 Å². The Kier molecular flexibility index (Phi) is 67.8. The molecule has 0 rings (SSSR count). The molecular weight excluding hydrogens is 1290 g/mol. The fourth-order valence-corrected chi connectivity index (χ4v) is 13.7. The van der Waals surface area contributed by atoms with Gasteiger partial charge >= 0.3 is 39.5 Å². The molecule has 588 valence electrons. The van der Waals surface area contributed by atoms with Crippen molar-refractivity contribution >= 4 is 39.5 Å². The number of unbranched alkanes of at least 4 members (excludes halogenated alkanes) is 40.